The number of hydrogen-bond donors (Lipinski definition) is 1. The zero-order valence-corrected chi connectivity index (χ0v) is 17.3. The first-order chi connectivity index (χ1) is 13.8. The van der Waals surface area contributed by atoms with Gasteiger partial charge in [0.25, 0.3) is 5.69 Å². The number of benzene rings is 1. The number of likely N-dealkylation sites (tertiary alicyclic amines) is 1. The summed E-state index contributed by atoms with van der Waals surface area (Å²) in [5.74, 6) is 0.102. The predicted molar refractivity (Wildman–Crippen MR) is 110 cm³/mol. The molecule has 10 heteroatoms. The third kappa shape index (κ3) is 5.39. The molecule has 158 valence electrons. The highest BCUT2D eigenvalue weighted by Gasteiger charge is 2.36. The third-order valence-electron chi connectivity index (χ3n) is 5.39. The van der Waals surface area contributed by atoms with Crippen molar-refractivity contribution >= 4 is 30.3 Å². The van der Waals surface area contributed by atoms with Gasteiger partial charge in [-0.2, -0.15) is 12.6 Å². The molecule has 0 bridgehead atoms. The number of rotatable bonds is 4. The van der Waals surface area contributed by atoms with Crippen LogP contribution in [0.2, 0.25) is 0 Å². The summed E-state index contributed by atoms with van der Waals surface area (Å²) in [5, 5.41) is 10.9. The van der Waals surface area contributed by atoms with E-state index in [9.17, 15) is 19.7 Å². The topological polar surface area (TPSA) is 96.2 Å². The first-order valence-electron chi connectivity index (χ1n) is 9.67. The molecule has 1 aromatic rings. The van der Waals surface area contributed by atoms with Crippen LogP contribution in [0.15, 0.2) is 24.3 Å². The maximum Gasteiger partial charge on any atom is 0.410 e. The van der Waals surface area contributed by atoms with E-state index in [0.717, 1.165) is 13.0 Å². The fourth-order valence-electron chi connectivity index (χ4n) is 3.74. The van der Waals surface area contributed by atoms with Gasteiger partial charge in [0.2, 0.25) is 5.91 Å². The van der Waals surface area contributed by atoms with E-state index < -0.39 is 11.0 Å². The minimum atomic E-state index is -0.472. The van der Waals surface area contributed by atoms with Crippen LogP contribution in [0, 0.1) is 10.1 Å². The molecule has 0 N–H and O–H groups in total. The fraction of sp³-hybridized carbons (Fsp3) is 0.579. The van der Waals surface area contributed by atoms with E-state index in [-0.39, 0.29) is 29.5 Å². The van der Waals surface area contributed by atoms with Gasteiger partial charge in [0.1, 0.15) is 6.61 Å². The van der Waals surface area contributed by atoms with Crippen molar-refractivity contribution < 1.29 is 19.2 Å². The van der Waals surface area contributed by atoms with E-state index >= 15 is 0 Å². The van der Waals surface area contributed by atoms with E-state index in [1.165, 1.54) is 12.1 Å². The van der Waals surface area contributed by atoms with E-state index in [1.807, 2.05) is 16.8 Å². The molecule has 2 heterocycles. The quantitative estimate of drug-likeness (QED) is 0.451. The van der Waals surface area contributed by atoms with Crippen LogP contribution in [0.5, 0.6) is 0 Å². The summed E-state index contributed by atoms with van der Waals surface area (Å²) in [5.41, 5.74) is 0.677. The maximum atomic E-state index is 12.8. The Morgan fingerprint density at radius 1 is 1.17 bits per heavy atom. The van der Waals surface area contributed by atoms with Crippen LogP contribution in [-0.4, -0.2) is 82.7 Å². The van der Waals surface area contributed by atoms with E-state index in [0.29, 0.717) is 38.2 Å². The standard InChI is InChI=1S/C19H26N4O5S/c1-20-12-16(29)11-17(20)18(24)21-7-2-8-22(10-9-21)19(25)28-13-14-3-5-15(6-4-14)23(26)27/h3-6,16-17,29H,2,7-13H2,1H3/t16-,17-/m0/s1. The molecule has 2 fully saturated rings. The minimum Gasteiger partial charge on any atom is -0.445 e. The summed E-state index contributed by atoms with van der Waals surface area (Å²) in [7, 11) is 1.94. The van der Waals surface area contributed by atoms with Crippen molar-refractivity contribution in [3.05, 3.63) is 39.9 Å². The molecule has 29 heavy (non-hydrogen) atoms. The Bertz CT molecular complexity index is 759. The number of nitro benzene ring substituents is 1. The number of thiol groups is 1. The second-order valence-corrected chi connectivity index (χ2v) is 8.22. The molecule has 0 radical (unpaired) electrons. The molecule has 0 aliphatic carbocycles. The zero-order chi connectivity index (χ0) is 21.0. The van der Waals surface area contributed by atoms with Gasteiger partial charge in [-0.1, -0.05) is 0 Å². The van der Waals surface area contributed by atoms with Crippen molar-refractivity contribution in [2.45, 2.75) is 30.7 Å². The molecule has 2 saturated heterocycles. The Hall–Kier alpha value is -2.33. The van der Waals surface area contributed by atoms with Gasteiger partial charge in [-0.25, -0.2) is 4.79 Å². The molecule has 2 atom stereocenters. The highest BCUT2D eigenvalue weighted by Crippen LogP contribution is 2.22. The molecule has 3 rings (SSSR count). The van der Waals surface area contributed by atoms with Gasteiger partial charge in [0.15, 0.2) is 0 Å². The molecule has 1 aromatic carbocycles. The Kier molecular flexibility index (Phi) is 6.96. The lowest BCUT2D eigenvalue weighted by Gasteiger charge is -2.27. The molecular formula is C19H26N4O5S. The third-order valence-corrected chi connectivity index (χ3v) is 5.76. The molecule has 0 saturated carbocycles. The largest absolute Gasteiger partial charge is 0.445 e. The summed E-state index contributed by atoms with van der Waals surface area (Å²) < 4.78 is 5.35. The Labute approximate surface area is 175 Å². The molecular weight excluding hydrogens is 396 g/mol. The van der Waals surface area contributed by atoms with E-state index in [1.54, 1.807) is 17.0 Å². The van der Waals surface area contributed by atoms with Crippen molar-refractivity contribution in [3.8, 4) is 0 Å². The van der Waals surface area contributed by atoms with Crippen LogP contribution in [0.3, 0.4) is 0 Å². The maximum absolute atomic E-state index is 12.8. The number of amides is 2. The second-order valence-electron chi connectivity index (χ2n) is 7.49. The predicted octanol–water partition coefficient (Wildman–Crippen LogP) is 1.77. The van der Waals surface area contributed by atoms with Crippen LogP contribution in [-0.2, 0) is 16.1 Å². The monoisotopic (exact) mass is 422 g/mol. The summed E-state index contributed by atoms with van der Waals surface area (Å²) in [6, 6.07) is 5.77. The van der Waals surface area contributed by atoms with Crippen molar-refractivity contribution in [1.82, 2.24) is 14.7 Å². The first-order valence-corrected chi connectivity index (χ1v) is 10.2. The molecule has 0 unspecified atom stereocenters. The van der Waals surface area contributed by atoms with Crippen LogP contribution < -0.4 is 0 Å². The van der Waals surface area contributed by atoms with Crippen molar-refractivity contribution in [2.24, 2.45) is 0 Å². The highest BCUT2D eigenvalue weighted by atomic mass is 32.1. The summed E-state index contributed by atoms with van der Waals surface area (Å²) >= 11 is 4.49. The number of carbonyl (C=O) groups excluding carboxylic acids is 2. The molecule has 2 aliphatic heterocycles. The molecule has 0 aromatic heterocycles. The van der Waals surface area contributed by atoms with Gasteiger partial charge < -0.3 is 14.5 Å². The van der Waals surface area contributed by atoms with Gasteiger partial charge in [-0.15, -0.1) is 0 Å². The van der Waals surface area contributed by atoms with Gasteiger partial charge >= 0.3 is 6.09 Å². The number of carbonyl (C=O) groups is 2. The minimum absolute atomic E-state index is 0.00509. The molecule has 2 aliphatic rings. The average molecular weight is 423 g/mol. The van der Waals surface area contributed by atoms with Gasteiger partial charge in [-0.3, -0.25) is 19.8 Å². The van der Waals surface area contributed by atoms with Crippen LogP contribution in [0.25, 0.3) is 0 Å². The number of ether oxygens (including phenoxy) is 1. The van der Waals surface area contributed by atoms with Crippen molar-refractivity contribution in [1.29, 1.82) is 0 Å². The average Bonchev–Trinajstić information content (AvgIpc) is 2.90. The Morgan fingerprint density at radius 2 is 1.83 bits per heavy atom. The smallest absolute Gasteiger partial charge is 0.410 e. The first kappa shape index (κ1) is 21.4. The number of likely N-dealkylation sites (N-methyl/N-ethyl adjacent to an activating group) is 1. The van der Waals surface area contributed by atoms with Crippen molar-refractivity contribution in [2.75, 3.05) is 39.8 Å². The van der Waals surface area contributed by atoms with Crippen LogP contribution in [0.4, 0.5) is 10.5 Å². The lowest BCUT2D eigenvalue weighted by Crippen LogP contribution is -2.46. The van der Waals surface area contributed by atoms with E-state index in [4.69, 9.17) is 4.74 Å². The Morgan fingerprint density at radius 3 is 2.45 bits per heavy atom. The SMILES string of the molecule is CN1C[C@@H](S)C[C@H]1C(=O)N1CCCN(C(=O)OCc2ccc([N+](=O)[O-])cc2)CC1. The number of nitrogens with zero attached hydrogens (tertiary/aromatic N) is 4. The van der Waals surface area contributed by atoms with Crippen molar-refractivity contribution in [3.63, 3.8) is 0 Å². The normalized spacial score (nSPS) is 23.0. The summed E-state index contributed by atoms with van der Waals surface area (Å²) in [6.45, 7) is 2.89. The fourth-order valence-corrected chi connectivity index (χ4v) is 4.20. The summed E-state index contributed by atoms with van der Waals surface area (Å²) in [4.78, 5) is 40.9. The zero-order valence-electron chi connectivity index (χ0n) is 16.4. The lowest BCUT2D eigenvalue weighted by molar-refractivity contribution is -0.384. The van der Waals surface area contributed by atoms with Crippen LogP contribution in [0.1, 0.15) is 18.4 Å². The number of non-ortho nitro benzene ring substituents is 1. The highest BCUT2D eigenvalue weighted by molar-refractivity contribution is 7.81. The van der Waals surface area contributed by atoms with Gasteiger partial charge in [0, 0.05) is 50.1 Å². The second kappa shape index (κ2) is 9.45. The molecule has 0 spiro atoms. The van der Waals surface area contributed by atoms with E-state index in [2.05, 4.69) is 12.6 Å². The number of hydrogen-bond acceptors (Lipinski definition) is 7. The Balaban J connectivity index is 1.49. The molecule has 9 nitrogen and oxygen atoms in total. The number of nitro groups is 1. The molecule has 2 amide bonds. The summed E-state index contributed by atoms with van der Waals surface area (Å²) in [6.07, 6.45) is 1.00. The van der Waals surface area contributed by atoms with Gasteiger partial charge in [-0.05, 0) is 37.6 Å². The van der Waals surface area contributed by atoms with Crippen LogP contribution >= 0.6 is 12.6 Å². The van der Waals surface area contributed by atoms with Gasteiger partial charge in [0.05, 0.1) is 11.0 Å². The lowest BCUT2D eigenvalue weighted by atomic mass is 10.2.